The Morgan fingerprint density at radius 1 is 0.897 bits per heavy atom. The first kappa shape index (κ1) is 19.8. The molecule has 0 unspecified atom stereocenters. The summed E-state index contributed by atoms with van der Waals surface area (Å²) < 4.78 is 28.9. The van der Waals surface area contributed by atoms with Gasteiger partial charge in [0.25, 0.3) is 0 Å². The van der Waals surface area contributed by atoms with E-state index in [9.17, 15) is 18.0 Å². The van der Waals surface area contributed by atoms with Gasteiger partial charge in [0.15, 0.2) is 0 Å². The van der Waals surface area contributed by atoms with Crippen LogP contribution in [-0.4, -0.2) is 47.9 Å². The number of sulfonamides is 1. The summed E-state index contributed by atoms with van der Waals surface area (Å²) in [5.74, 6) is -0.800. The van der Waals surface area contributed by atoms with Crippen LogP contribution in [0.15, 0.2) is 59.5 Å². The van der Waals surface area contributed by atoms with Gasteiger partial charge < -0.3 is 0 Å². The Balaban J connectivity index is 1.91. The summed E-state index contributed by atoms with van der Waals surface area (Å²) in [6.07, 6.45) is 0. The zero-order valence-corrected chi connectivity index (χ0v) is 18.6. The minimum absolute atomic E-state index is 0.00138. The van der Waals surface area contributed by atoms with Gasteiger partial charge in [-0.05, 0) is 0 Å². The van der Waals surface area contributed by atoms with Crippen LogP contribution < -0.4 is 13.3 Å². The van der Waals surface area contributed by atoms with E-state index in [1.54, 1.807) is 42.5 Å². The van der Waals surface area contributed by atoms with Crippen LogP contribution in [0.2, 0.25) is 0 Å². The third-order valence-corrected chi connectivity index (χ3v) is 7.23. The number of hydrogen-bond donors (Lipinski definition) is 2. The van der Waals surface area contributed by atoms with Crippen LogP contribution in [0.3, 0.4) is 0 Å². The molecule has 4 rings (SSSR count). The first-order valence-electron chi connectivity index (χ1n) is 8.91. The molecule has 0 atom stereocenters. The van der Waals surface area contributed by atoms with E-state index in [-0.39, 0.29) is 44.3 Å². The molecular formula is C21H15N2NaO4S. The fourth-order valence-electron chi connectivity index (χ4n) is 3.45. The summed E-state index contributed by atoms with van der Waals surface area (Å²) in [6, 6.07) is 14.4. The average Bonchev–Trinajstić information content (AvgIpc) is 2.69. The Morgan fingerprint density at radius 2 is 1.45 bits per heavy atom. The van der Waals surface area contributed by atoms with Crippen LogP contribution >= 0.6 is 0 Å². The van der Waals surface area contributed by atoms with E-state index >= 15 is 0 Å². The van der Waals surface area contributed by atoms with Crippen molar-refractivity contribution in [3.8, 4) is 0 Å². The van der Waals surface area contributed by atoms with Gasteiger partial charge in [0, 0.05) is 0 Å². The second-order valence-electron chi connectivity index (χ2n) is 7.03. The topological polar surface area (TPSA) is 106 Å². The molecule has 0 heterocycles. The van der Waals surface area contributed by atoms with Gasteiger partial charge in [0.1, 0.15) is 0 Å². The summed E-state index contributed by atoms with van der Waals surface area (Å²) in [5, 5.41) is 0. The number of rotatable bonds is 3. The van der Waals surface area contributed by atoms with E-state index in [2.05, 4.69) is 4.72 Å². The zero-order valence-electron chi connectivity index (χ0n) is 15.8. The molecule has 140 valence electrons. The summed E-state index contributed by atoms with van der Waals surface area (Å²) in [7, 11) is -3.95. The van der Waals surface area contributed by atoms with Crippen molar-refractivity contribution in [2.75, 3.05) is 10.5 Å². The van der Waals surface area contributed by atoms with Crippen LogP contribution in [-0.2, 0) is 10.0 Å². The Kier molecular flexibility index (Phi) is 4.86. The van der Waals surface area contributed by atoms with Gasteiger partial charge in [-0.25, -0.2) is 0 Å². The molecule has 0 bridgehead atoms. The molecule has 3 aromatic carbocycles. The molecule has 0 saturated carbocycles. The van der Waals surface area contributed by atoms with E-state index in [1.807, 2.05) is 6.92 Å². The fraction of sp³-hybridized carbons (Fsp3) is 0.0476. The molecule has 3 N–H and O–H groups in total. The average molecular weight is 414 g/mol. The second kappa shape index (κ2) is 7.11. The predicted octanol–water partition coefficient (Wildman–Crippen LogP) is 1.95. The minimum atomic E-state index is -3.95. The number of hydrogen-bond acceptors (Lipinski definition) is 5. The van der Waals surface area contributed by atoms with E-state index in [1.165, 1.54) is 12.1 Å². The molecule has 0 aliphatic heterocycles. The van der Waals surface area contributed by atoms with E-state index in [0.29, 0.717) is 30.7 Å². The number of carbonyl (C=O) groups excluding carboxylic acids is 2. The number of anilines is 2. The van der Waals surface area contributed by atoms with Crippen LogP contribution in [0.5, 0.6) is 0 Å². The molecule has 0 spiro atoms. The predicted molar refractivity (Wildman–Crippen MR) is 112 cm³/mol. The normalized spacial score (nSPS) is 13.1. The quantitative estimate of drug-likeness (QED) is 0.394. The first-order valence-corrected chi connectivity index (χ1v) is 11.4. The van der Waals surface area contributed by atoms with Gasteiger partial charge in [-0.1, -0.05) is 0 Å². The van der Waals surface area contributed by atoms with Crippen molar-refractivity contribution in [2.45, 2.75) is 11.8 Å². The third kappa shape index (κ3) is 3.30. The standard InChI is InChI=1S/C21H15N2O4S.Na/c1-12-6-8-13(9-7-12)28(26,27)23-17-11-10-16(22)18-19(17)21(25)15-5-3-2-4-14(15)20(18)24;/h2-9,11,23H,22H2,1H3;. The second-order valence-corrected chi connectivity index (χ2v) is 9.79. The Bertz CT molecular complexity index is 1300. The number of aryl methyl sites for hydroxylation is 1. The van der Waals surface area contributed by atoms with Crippen LogP contribution in [0.1, 0.15) is 37.4 Å². The van der Waals surface area contributed by atoms with Crippen molar-refractivity contribution in [1.82, 2.24) is 0 Å². The van der Waals surface area contributed by atoms with Crippen LogP contribution in [0, 0.1) is 6.92 Å². The van der Waals surface area contributed by atoms with Crippen molar-refractivity contribution in [3.05, 3.63) is 82.4 Å². The molecule has 0 saturated heterocycles. The summed E-state index contributed by atoms with van der Waals surface area (Å²) in [6.45, 7) is 1.86. The number of nitrogen functional groups attached to an aromatic ring is 1. The van der Waals surface area contributed by atoms with Gasteiger partial charge in [-0.2, -0.15) is 0 Å². The third-order valence-electron chi connectivity index (χ3n) is 5.02. The Hall–Kier alpha value is -2.45. The number of benzene rings is 3. The summed E-state index contributed by atoms with van der Waals surface area (Å²) in [5.41, 5.74) is 7.98. The molecule has 0 radical (unpaired) electrons. The van der Waals surface area contributed by atoms with E-state index in [0.717, 1.165) is 5.56 Å². The number of nitrogens with two attached hydrogens (primary N) is 1. The number of carbonyl (C=O) groups is 2. The molecule has 8 heteroatoms. The molecule has 0 fully saturated rings. The molecule has 1 aliphatic carbocycles. The molecule has 0 aromatic heterocycles. The van der Waals surface area contributed by atoms with Crippen molar-refractivity contribution in [3.63, 3.8) is 0 Å². The van der Waals surface area contributed by atoms with E-state index < -0.39 is 15.8 Å². The molecule has 0 amide bonds. The van der Waals surface area contributed by atoms with Crippen molar-refractivity contribution < 1.29 is 18.0 Å². The van der Waals surface area contributed by atoms with Gasteiger partial charge in [-0.3, -0.25) is 0 Å². The maximum atomic E-state index is 13.2. The van der Waals surface area contributed by atoms with E-state index in [4.69, 9.17) is 5.73 Å². The Morgan fingerprint density at radius 3 is 2.03 bits per heavy atom. The summed E-state index contributed by atoms with van der Waals surface area (Å²) in [4.78, 5) is 26.3. The number of nitrogens with one attached hydrogen (secondary N) is 1. The Labute approximate surface area is 185 Å². The molecule has 6 nitrogen and oxygen atoms in total. The number of ketones is 2. The fourth-order valence-corrected chi connectivity index (χ4v) is 5.06. The summed E-state index contributed by atoms with van der Waals surface area (Å²) >= 11 is 0.480. The van der Waals surface area contributed by atoms with Crippen LogP contribution in [0.25, 0.3) is 0 Å². The van der Waals surface area contributed by atoms with Crippen molar-refractivity contribution >= 4 is 63.7 Å². The van der Waals surface area contributed by atoms with Gasteiger partial charge in [0.2, 0.25) is 0 Å². The van der Waals surface area contributed by atoms with Gasteiger partial charge in [0.05, 0.1) is 0 Å². The van der Waals surface area contributed by atoms with Crippen molar-refractivity contribution in [2.24, 2.45) is 0 Å². The first-order chi connectivity index (χ1) is 13.7. The monoisotopic (exact) mass is 414 g/mol. The van der Waals surface area contributed by atoms with Crippen molar-refractivity contribution in [1.29, 1.82) is 0 Å². The molecular weight excluding hydrogens is 399 g/mol. The molecule has 1 aliphatic rings. The SMILES string of the molecule is Cc1ccc(S(=O)(=O)Nc2c[c]([Na])c(N)c3c2C(=O)c2ccccc2C3=O)cc1. The molecule has 3 aromatic rings. The van der Waals surface area contributed by atoms with Crippen LogP contribution in [0.4, 0.5) is 11.4 Å². The molecule has 29 heavy (non-hydrogen) atoms. The maximum absolute atomic E-state index is 13.2. The van der Waals surface area contributed by atoms with Gasteiger partial charge >= 0.3 is 186 Å². The zero-order chi connectivity index (χ0) is 20.9. The van der Waals surface area contributed by atoms with Gasteiger partial charge in [-0.15, -0.1) is 0 Å². The number of fused-ring (bicyclic) bond motifs is 2.